The number of benzene rings is 1. The maximum Gasteiger partial charge on any atom is 0.227 e. The Morgan fingerprint density at radius 1 is 1.19 bits per heavy atom. The van der Waals surface area contributed by atoms with E-state index in [1.807, 2.05) is 11.0 Å². The number of carbonyl (C=O) groups is 1. The van der Waals surface area contributed by atoms with E-state index in [1.54, 1.807) is 24.2 Å². The predicted molar refractivity (Wildman–Crippen MR) is 135 cm³/mol. The van der Waals surface area contributed by atoms with Gasteiger partial charge in [0.1, 0.15) is 18.3 Å². The zero-order valence-corrected chi connectivity index (χ0v) is 20.6. The summed E-state index contributed by atoms with van der Waals surface area (Å²) in [5.74, 6) is 2.41. The number of anilines is 1. The van der Waals surface area contributed by atoms with Crippen molar-refractivity contribution in [2.75, 3.05) is 25.4 Å². The van der Waals surface area contributed by atoms with Crippen LogP contribution in [0, 0.1) is 5.92 Å². The summed E-state index contributed by atoms with van der Waals surface area (Å²) in [6, 6.07) is 4.15. The molecule has 6 rings (SSSR count). The second-order valence-corrected chi connectivity index (χ2v) is 10.2. The standard InChI is InChI=1S/C25H27N7O3S/c26-22-21-23(29-14-28-22)32(7-1-2-16-3-8-31(15-33)9-4-16)25(30-21)36-20-12-17-5-10-34-19(17)13-18(20)24-27-6-11-35-24/h6,11-16H,1-5,7-10H2,(H2,26,28,29). The van der Waals surface area contributed by atoms with Gasteiger partial charge in [-0.25, -0.2) is 19.9 Å². The lowest BCUT2D eigenvalue weighted by Gasteiger charge is -2.29. The van der Waals surface area contributed by atoms with E-state index < -0.39 is 0 Å². The van der Waals surface area contributed by atoms with Crippen molar-refractivity contribution in [3.63, 3.8) is 0 Å². The maximum absolute atomic E-state index is 11.0. The molecular formula is C25H27N7O3S. The lowest BCUT2D eigenvalue weighted by atomic mass is 9.92. The van der Waals surface area contributed by atoms with Gasteiger partial charge in [-0.1, -0.05) is 11.8 Å². The van der Waals surface area contributed by atoms with Crippen molar-refractivity contribution < 1.29 is 13.9 Å². The van der Waals surface area contributed by atoms with Crippen LogP contribution in [0.2, 0.25) is 0 Å². The first-order valence-electron chi connectivity index (χ1n) is 12.2. The van der Waals surface area contributed by atoms with E-state index in [0.717, 1.165) is 90.7 Å². The van der Waals surface area contributed by atoms with E-state index in [2.05, 4.69) is 25.6 Å². The third kappa shape index (κ3) is 4.39. The van der Waals surface area contributed by atoms with Gasteiger partial charge in [-0.05, 0) is 49.3 Å². The fourth-order valence-electron chi connectivity index (χ4n) is 5.01. The molecule has 1 fully saturated rings. The Kier molecular flexibility index (Phi) is 6.22. The summed E-state index contributed by atoms with van der Waals surface area (Å²) in [6.07, 6.45) is 10.7. The molecular weight excluding hydrogens is 478 g/mol. The highest BCUT2D eigenvalue weighted by atomic mass is 32.2. The zero-order valence-electron chi connectivity index (χ0n) is 19.8. The highest BCUT2D eigenvalue weighted by molar-refractivity contribution is 7.99. The van der Waals surface area contributed by atoms with Crippen LogP contribution in [0.4, 0.5) is 5.82 Å². The minimum absolute atomic E-state index is 0.372. The van der Waals surface area contributed by atoms with Gasteiger partial charge >= 0.3 is 0 Å². The Hall–Kier alpha value is -3.60. The molecule has 0 unspecified atom stereocenters. The molecule has 1 amide bonds. The molecule has 0 atom stereocenters. The molecule has 3 aromatic heterocycles. The van der Waals surface area contributed by atoms with Gasteiger partial charge in [-0.3, -0.25) is 4.79 Å². The molecule has 186 valence electrons. The number of fused-ring (bicyclic) bond motifs is 2. The van der Waals surface area contributed by atoms with Crippen molar-refractivity contribution in [1.82, 2.24) is 29.4 Å². The number of aromatic nitrogens is 5. The number of nitrogens with two attached hydrogens (primary N) is 1. The van der Waals surface area contributed by atoms with Gasteiger partial charge in [-0.15, -0.1) is 0 Å². The monoisotopic (exact) mass is 505 g/mol. The van der Waals surface area contributed by atoms with E-state index in [0.29, 0.717) is 29.8 Å². The number of piperidine rings is 1. The minimum atomic E-state index is 0.372. The molecule has 1 aromatic carbocycles. The van der Waals surface area contributed by atoms with E-state index in [-0.39, 0.29) is 0 Å². The molecule has 0 radical (unpaired) electrons. The first-order chi connectivity index (χ1) is 17.7. The van der Waals surface area contributed by atoms with Crippen LogP contribution in [0.25, 0.3) is 22.6 Å². The molecule has 2 N–H and O–H groups in total. The summed E-state index contributed by atoms with van der Waals surface area (Å²) >= 11 is 1.56. The molecule has 0 spiro atoms. The number of rotatable bonds is 8. The van der Waals surface area contributed by atoms with Gasteiger partial charge in [-0.2, -0.15) is 0 Å². The SMILES string of the molecule is Nc1ncnc2c1nc(Sc1cc3c(cc1-c1ncco1)OCC3)n2CCCC1CCN(C=O)CC1. The molecule has 1 saturated heterocycles. The molecule has 2 aliphatic rings. The lowest BCUT2D eigenvalue weighted by molar-refractivity contribution is -0.119. The molecule has 11 heteroatoms. The van der Waals surface area contributed by atoms with Crippen molar-refractivity contribution in [2.45, 2.75) is 48.7 Å². The average molecular weight is 506 g/mol. The first kappa shape index (κ1) is 22.8. The van der Waals surface area contributed by atoms with E-state index in [9.17, 15) is 4.79 Å². The number of likely N-dealkylation sites (tertiary alicyclic amines) is 1. The molecule has 4 aromatic rings. The first-order valence-corrected chi connectivity index (χ1v) is 13.0. The van der Waals surface area contributed by atoms with Gasteiger partial charge in [0.05, 0.1) is 18.4 Å². The quantitative estimate of drug-likeness (QED) is 0.356. The summed E-state index contributed by atoms with van der Waals surface area (Å²) < 4.78 is 13.6. The topological polar surface area (TPSA) is 125 Å². The highest BCUT2D eigenvalue weighted by Crippen LogP contribution is 2.42. The van der Waals surface area contributed by atoms with Crippen LogP contribution in [0.5, 0.6) is 5.75 Å². The summed E-state index contributed by atoms with van der Waals surface area (Å²) in [5.41, 5.74) is 9.55. The van der Waals surface area contributed by atoms with Gasteiger partial charge in [0, 0.05) is 31.0 Å². The van der Waals surface area contributed by atoms with E-state index in [4.69, 9.17) is 19.9 Å². The van der Waals surface area contributed by atoms with Crippen molar-refractivity contribution in [3.05, 3.63) is 36.5 Å². The minimum Gasteiger partial charge on any atom is -0.493 e. The lowest BCUT2D eigenvalue weighted by Crippen LogP contribution is -2.32. The third-order valence-electron chi connectivity index (χ3n) is 6.97. The Balaban J connectivity index is 1.30. The van der Waals surface area contributed by atoms with Gasteiger partial charge in [0.15, 0.2) is 22.1 Å². The maximum atomic E-state index is 11.0. The smallest absolute Gasteiger partial charge is 0.227 e. The number of ether oxygens (including phenoxy) is 1. The highest BCUT2D eigenvalue weighted by Gasteiger charge is 2.23. The Labute approximate surface area is 212 Å². The van der Waals surface area contributed by atoms with Gasteiger partial charge in [0.25, 0.3) is 0 Å². The number of amides is 1. The number of hydrogen-bond donors (Lipinski definition) is 1. The van der Waals surface area contributed by atoms with Crippen molar-refractivity contribution in [2.24, 2.45) is 5.92 Å². The molecule has 36 heavy (non-hydrogen) atoms. The fraction of sp³-hybridized carbons (Fsp3) is 0.400. The molecule has 5 heterocycles. The summed E-state index contributed by atoms with van der Waals surface area (Å²) in [5, 5.41) is 0.805. The van der Waals surface area contributed by atoms with Crippen molar-refractivity contribution in [3.8, 4) is 17.2 Å². The number of oxazole rings is 1. The summed E-state index contributed by atoms with van der Waals surface area (Å²) in [4.78, 5) is 31.8. The van der Waals surface area contributed by atoms with Crippen LogP contribution in [0.15, 0.2) is 45.4 Å². The second kappa shape index (κ2) is 9.81. The Morgan fingerprint density at radius 2 is 2.08 bits per heavy atom. The van der Waals surface area contributed by atoms with E-state index >= 15 is 0 Å². The van der Waals surface area contributed by atoms with Crippen LogP contribution < -0.4 is 10.5 Å². The number of nitrogen functional groups attached to an aromatic ring is 1. The largest absolute Gasteiger partial charge is 0.493 e. The van der Waals surface area contributed by atoms with Crippen LogP contribution >= 0.6 is 11.8 Å². The zero-order chi connectivity index (χ0) is 24.5. The molecule has 0 aliphatic carbocycles. The summed E-state index contributed by atoms with van der Waals surface area (Å²) in [7, 11) is 0. The van der Waals surface area contributed by atoms with Crippen LogP contribution in [-0.4, -0.2) is 55.5 Å². The number of carbonyl (C=O) groups excluding carboxylic acids is 1. The van der Waals surface area contributed by atoms with Crippen molar-refractivity contribution >= 4 is 35.2 Å². The molecule has 10 nitrogen and oxygen atoms in total. The summed E-state index contributed by atoms with van der Waals surface area (Å²) in [6.45, 7) is 3.13. The molecule has 0 saturated carbocycles. The predicted octanol–water partition coefficient (Wildman–Crippen LogP) is 3.80. The Morgan fingerprint density at radius 3 is 2.89 bits per heavy atom. The number of nitrogens with zero attached hydrogens (tertiary/aromatic N) is 6. The Bertz CT molecular complexity index is 1380. The van der Waals surface area contributed by atoms with Gasteiger partial charge < -0.3 is 24.4 Å². The molecule has 2 aliphatic heterocycles. The average Bonchev–Trinajstić information content (AvgIpc) is 3.65. The third-order valence-corrected chi connectivity index (χ3v) is 8.03. The number of aryl methyl sites for hydroxylation is 1. The number of imidazole rings is 1. The molecule has 0 bridgehead atoms. The van der Waals surface area contributed by atoms with Gasteiger partial charge in [0.2, 0.25) is 12.3 Å². The van der Waals surface area contributed by atoms with Crippen LogP contribution in [0.3, 0.4) is 0 Å². The normalized spacial score (nSPS) is 15.8. The second-order valence-electron chi connectivity index (χ2n) is 9.20. The van der Waals surface area contributed by atoms with E-state index in [1.165, 1.54) is 6.33 Å². The van der Waals surface area contributed by atoms with Crippen molar-refractivity contribution in [1.29, 1.82) is 0 Å². The van der Waals surface area contributed by atoms with Crippen LogP contribution in [0.1, 0.15) is 31.2 Å². The fourth-order valence-corrected chi connectivity index (χ4v) is 6.09. The number of hydrogen-bond acceptors (Lipinski definition) is 9. The van der Waals surface area contributed by atoms with Crippen LogP contribution in [-0.2, 0) is 17.8 Å².